The van der Waals surface area contributed by atoms with Crippen molar-refractivity contribution in [1.82, 2.24) is 20.1 Å². The fourth-order valence-electron chi connectivity index (χ4n) is 2.41. The molecule has 2 heterocycles. The summed E-state index contributed by atoms with van der Waals surface area (Å²) in [4.78, 5) is 16.3. The van der Waals surface area contributed by atoms with E-state index in [2.05, 4.69) is 15.4 Å². The monoisotopic (exact) mass is 356 g/mol. The second-order valence-electron chi connectivity index (χ2n) is 5.69. The van der Waals surface area contributed by atoms with E-state index in [9.17, 15) is 4.79 Å². The first-order valence-corrected chi connectivity index (χ1v) is 8.03. The van der Waals surface area contributed by atoms with Crippen LogP contribution < -0.4 is 14.8 Å². The van der Waals surface area contributed by atoms with Crippen molar-refractivity contribution < 1.29 is 18.7 Å². The summed E-state index contributed by atoms with van der Waals surface area (Å²) in [7, 11) is 3.43. The molecule has 0 saturated heterocycles. The summed E-state index contributed by atoms with van der Waals surface area (Å²) < 4.78 is 17.7. The summed E-state index contributed by atoms with van der Waals surface area (Å²) in [6, 6.07) is 7.20. The number of aryl methyl sites for hydroxylation is 2. The summed E-state index contributed by atoms with van der Waals surface area (Å²) >= 11 is 0. The summed E-state index contributed by atoms with van der Waals surface area (Å²) in [5, 5.41) is 7.04. The Morgan fingerprint density at radius 3 is 2.88 bits per heavy atom. The van der Waals surface area contributed by atoms with Crippen LogP contribution in [0.25, 0.3) is 0 Å². The van der Waals surface area contributed by atoms with Gasteiger partial charge in [-0.2, -0.15) is 5.10 Å². The third kappa shape index (κ3) is 4.21. The molecular weight excluding hydrogens is 336 g/mol. The van der Waals surface area contributed by atoms with Crippen LogP contribution in [-0.2, 0) is 20.2 Å². The molecule has 1 amide bonds. The van der Waals surface area contributed by atoms with Crippen LogP contribution in [-0.4, -0.2) is 27.8 Å². The minimum Gasteiger partial charge on any atom is -0.497 e. The van der Waals surface area contributed by atoms with E-state index in [1.807, 2.05) is 32.3 Å². The predicted molar refractivity (Wildman–Crippen MR) is 92.9 cm³/mol. The highest BCUT2D eigenvalue weighted by atomic mass is 16.5. The third-order valence-electron chi connectivity index (χ3n) is 3.74. The second-order valence-corrected chi connectivity index (χ2v) is 5.69. The second kappa shape index (κ2) is 7.73. The average molecular weight is 356 g/mol. The Morgan fingerprint density at radius 1 is 1.35 bits per heavy atom. The van der Waals surface area contributed by atoms with Crippen LogP contribution in [0.4, 0.5) is 0 Å². The molecule has 0 spiro atoms. The molecule has 3 rings (SSSR count). The fraction of sp³-hybridized carbons (Fsp3) is 0.278. The van der Waals surface area contributed by atoms with Gasteiger partial charge in [0.15, 0.2) is 12.3 Å². The number of hydrogen-bond donors (Lipinski definition) is 1. The largest absolute Gasteiger partial charge is 0.497 e. The van der Waals surface area contributed by atoms with Crippen molar-refractivity contribution in [1.29, 1.82) is 0 Å². The van der Waals surface area contributed by atoms with Gasteiger partial charge in [-0.3, -0.25) is 9.48 Å². The Morgan fingerprint density at radius 2 is 2.15 bits per heavy atom. The minimum absolute atomic E-state index is 0.113. The fourth-order valence-corrected chi connectivity index (χ4v) is 2.41. The van der Waals surface area contributed by atoms with E-state index in [1.165, 1.54) is 6.26 Å². The van der Waals surface area contributed by atoms with Gasteiger partial charge in [0.1, 0.15) is 17.8 Å². The molecule has 8 nitrogen and oxygen atoms in total. The van der Waals surface area contributed by atoms with Gasteiger partial charge in [0.2, 0.25) is 5.89 Å². The van der Waals surface area contributed by atoms with Crippen LogP contribution in [0.15, 0.2) is 41.1 Å². The molecule has 3 aromatic rings. The summed E-state index contributed by atoms with van der Waals surface area (Å²) in [5.41, 5.74) is 2.03. The lowest BCUT2D eigenvalue weighted by atomic mass is 10.2. The van der Waals surface area contributed by atoms with Crippen molar-refractivity contribution in [2.75, 3.05) is 7.11 Å². The molecule has 0 unspecified atom stereocenters. The third-order valence-corrected chi connectivity index (χ3v) is 3.74. The molecule has 0 aliphatic rings. The number of benzene rings is 1. The molecular formula is C18H20N4O4. The van der Waals surface area contributed by atoms with E-state index in [0.717, 1.165) is 11.3 Å². The summed E-state index contributed by atoms with van der Waals surface area (Å²) in [6.45, 7) is 2.38. The van der Waals surface area contributed by atoms with Gasteiger partial charge in [0.05, 0.1) is 12.8 Å². The number of carbonyl (C=O) groups is 1. The molecule has 0 aliphatic heterocycles. The topological polar surface area (TPSA) is 91.4 Å². The van der Waals surface area contributed by atoms with Crippen molar-refractivity contribution in [2.24, 2.45) is 7.05 Å². The maximum Gasteiger partial charge on any atom is 0.273 e. The number of carbonyl (C=O) groups excluding carboxylic acids is 1. The number of amides is 1. The van der Waals surface area contributed by atoms with Crippen LogP contribution in [0.2, 0.25) is 0 Å². The lowest BCUT2D eigenvalue weighted by Crippen LogP contribution is -2.23. The van der Waals surface area contributed by atoms with Crippen molar-refractivity contribution in [3.8, 4) is 11.5 Å². The Labute approximate surface area is 150 Å². The molecule has 1 N–H and O–H groups in total. The molecule has 0 atom stereocenters. The number of rotatable bonds is 7. The smallest absolute Gasteiger partial charge is 0.273 e. The highest BCUT2D eigenvalue weighted by Gasteiger charge is 2.13. The van der Waals surface area contributed by atoms with Gasteiger partial charge in [0, 0.05) is 31.4 Å². The highest BCUT2D eigenvalue weighted by Crippen LogP contribution is 2.19. The van der Waals surface area contributed by atoms with E-state index in [-0.39, 0.29) is 18.2 Å². The number of aromatic nitrogens is 3. The van der Waals surface area contributed by atoms with E-state index < -0.39 is 0 Å². The van der Waals surface area contributed by atoms with Crippen molar-refractivity contribution in [3.05, 3.63) is 59.6 Å². The zero-order valence-corrected chi connectivity index (χ0v) is 14.9. The number of ether oxygens (including phenoxy) is 2. The van der Waals surface area contributed by atoms with E-state index in [0.29, 0.717) is 23.9 Å². The number of nitrogens with zero attached hydrogens (tertiary/aromatic N) is 3. The molecule has 136 valence electrons. The predicted octanol–water partition coefficient (Wildman–Crippen LogP) is 2.23. The molecule has 8 heteroatoms. The summed E-state index contributed by atoms with van der Waals surface area (Å²) in [5.74, 6) is 1.32. The number of hydrogen-bond acceptors (Lipinski definition) is 6. The van der Waals surface area contributed by atoms with Gasteiger partial charge in [-0.25, -0.2) is 4.98 Å². The maximum atomic E-state index is 12.2. The van der Waals surface area contributed by atoms with Gasteiger partial charge in [-0.15, -0.1) is 0 Å². The quantitative estimate of drug-likeness (QED) is 0.698. The van der Waals surface area contributed by atoms with Gasteiger partial charge in [0.25, 0.3) is 5.91 Å². The van der Waals surface area contributed by atoms with E-state index in [1.54, 1.807) is 23.9 Å². The molecule has 0 fully saturated rings. The SMILES string of the molecule is COc1cccc(OCc2nc(C(=O)NCc3cn(C)nc3C)co2)c1. The van der Waals surface area contributed by atoms with Gasteiger partial charge in [-0.1, -0.05) is 6.07 Å². The Kier molecular flexibility index (Phi) is 5.21. The first kappa shape index (κ1) is 17.5. The molecule has 26 heavy (non-hydrogen) atoms. The van der Waals surface area contributed by atoms with Crippen LogP contribution >= 0.6 is 0 Å². The number of oxazole rings is 1. The highest BCUT2D eigenvalue weighted by molar-refractivity contribution is 5.91. The van der Waals surface area contributed by atoms with Crippen LogP contribution in [0, 0.1) is 6.92 Å². The normalized spacial score (nSPS) is 10.6. The number of methoxy groups -OCH3 is 1. The van der Waals surface area contributed by atoms with Crippen molar-refractivity contribution in [3.63, 3.8) is 0 Å². The Bertz CT molecular complexity index is 900. The molecule has 0 bridgehead atoms. The zero-order valence-electron chi connectivity index (χ0n) is 14.9. The Balaban J connectivity index is 1.55. The Hall–Kier alpha value is -3.29. The standard InChI is InChI=1S/C18H20N4O4/c1-12-13(9-22(2)21-12)8-19-18(23)16-10-26-17(20-16)11-25-15-6-4-5-14(7-15)24-3/h4-7,9-10H,8,11H2,1-3H3,(H,19,23). The van der Waals surface area contributed by atoms with Crippen molar-refractivity contribution >= 4 is 5.91 Å². The van der Waals surface area contributed by atoms with Crippen LogP contribution in [0.1, 0.15) is 27.6 Å². The summed E-state index contributed by atoms with van der Waals surface area (Å²) in [6.07, 6.45) is 3.18. The lowest BCUT2D eigenvalue weighted by Gasteiger charge is -2.05. The molecule has 0 saturated carbocycles. The van der Waals surface area contributed by atoms with Gasteiger partial charge < -0.3 is 19.2 Å². The molecule has 0 aliphatic carbocycles. The van der Waals surface area contributed by atoms with Crippen molar-refractivity contribution in [2.45, 2.75) is 20.1 Å². The lowest BCUT2D eigenvalue weighted by molar-refractivity contribution is 0.0946. The average Bonchev–Trinajstić information content (AvgIpc) is 3.24. The van der Waals surface area contributed by atoms with Gasteiger partial charge in [-0.05, 0) is 19.1 Å². The molecule has 1 aromatic carbocycles. The van der Waals surface area contributed by atoms with Crippen LogP contribution in [0.5, 0.6) is 11.5 Å². The van der Waals surface area contributed by atoms with E-state index >= 15 is 0 Å². The maximum absolute atomic E-state index is 12.2. The van der Waals surface area contributed by atoms with E-state index in [4.69, 9.17) is 13.9 Å². The van der Waals surface area contributed by atoms with Crippen LogP contribution in [0.3, 0.4) is 0 Å². The first-order valence-electron chi connectivity index (χ1n) is 8.03. The zero-order chi connectivity index (χ0) is 18.5. The minimum atomic E-state index is -0.315. The molecule has 2 aromatic heterocycles. The van der Waals surface area contributed by atoms with Gasteiger partial charge >= 0.3 is 0 Å². The first-order chi connectivity index (χ1) is 12.5. The molecule has 0 radical (unpaired) electrons. The number of nitrogens with one attached hydrogen (secondary N) is 1.